The smallest absolute Gasteiger partial charge is 0.320 e. The SMILES string of the molecule is CO[SiH](CCCCc1ccc(N)cc1)OC. The quantitative estimate of drug-likeness (QED) is 0.450. The Kier molecular flexibility index (Phi) is 6.14. The van der Waals surface area contributed by atoms with Gasteiger partial charge < -0.3 is 14.6 Å². The summed E-state index contributed by atoms with van der Waals surface area (Å²) < 4.78 is 10.5. The van der Waals surface area contributed by atoms with E-state index in [1.54, 1.807) is 14.2 Å². The molecule has 0 atom stereocenters. The molecule has 0 heterocycles. The summed E-state index contributed by atoms with van der Waals surface area (Å²) in [6, 6.07) is 9.18. The first-order chi connectivity index (χ1) is 7.76. The maximum atomic E-state index is 5.63. The van der Waals surface area contributed by atoms with Crippen LogP contribution in [0.15, 0.2) is 24.3 Å². The monoisotopic (exact) mass is 239 g/mol. The summed E-state index contributed by atoms with van der Waals surface area (Å²) in [6.45, 7) is 0. The summed E-state index contributed by atoms with van der Waals surface area (Å²) in [6.07, 6.45) is 3.46. The first kappa shape index (κ1) is 13.2. The number of aryl methyl sites for hydroxylation is 1. The molecule has 90 valence electrons. The largest absolute Gasteiger partial charge is 0.400 e. The van der Waals surface area contributed by atoms with E-state index in [4.69, 9.17) is 14.6 Å². The van der Waals surface area contributed by atoms with Crippen molar-refractivity contribution in [2.45, 2.75) is 25.3 Å². The second-order valence-corrected chi connectivity index (χ2v) is 6.27. The van der Waals surface area contributed by atoms with Gasteiger partial charge in [-0.05, 0) is 36.6 Å². The highest BCUT2D eigenvalue weighted by atomic mass is 28.3. The van der Waals surface area contributed by atoms with Crippen LogP contribution in [-0.4, -0.2) is 23.5 Å². The molecule has 2 N–H and O–H groups in total. The van der Waals surface area contributed by atoms with E-state index in [2.05, 4.69) is 12.1 Å². The van der Waals surface area contributed by atoms with E-state index in [1.807, 2.05) is 12.1 Å². The molecule has 0 spiro atoms. The Labute approximate surface area is 99.4 Å². The van der Waals surface area contributed by atoms with E-state index in [9.17, 15) is 0 Å². The number of rotatable bonds is 7. The molecule has 0 aromatic heterocycles. The highest BCUT2D eigenvalue weighted by Gasteiger charge is 2.07. The molecule has 0 saturated heterocycles. The van der Waals surface area contributed by atoms with Crippen LogP contribution < -0.4 is 5.73 Å². The molecule has 1 aromatic rings. The minimum Gasteiger partial charge on any atom is -0.400 e. The summed E-state index contributed by atoms with van der Waals surface area (Å²) >= 11 is 0. The van der Waals surface area contributed by atoms with Crippen LogP contribution in [0.4, 0.5) is 5.69 Å². The van der Waals surface area contributed by atoms with Gasteiger partial charge in [0, 0.05) is 19.9 Å². The molecule has 0 amide bonds. The first-order valence-corrected chi connectivity index (χ1v) is 7.42. The van der Waals surface area contributed by atoms with Gasteiger partial charge in [0.15, 0.2) is 0 Å². The van der Waals surface area contributed by atoms with Gasteiger partial charge in [-0.25, -0.2) is 0 Å². The van der Waals surface area contributed by atoms with E-state index < -0.39 is 9.28 Å². The van der Waals surface area contributed by atoms with Crippen LogP contribution in [0.3, 0.4) is 0 Å². The second-order valence-electron chi connectivity index (χ2n) is 3.89. The lowest BCUT2D eigenvalue weighted by atomic mass is 10.1. The van der Waals surface area contributed by atoms with Crippen molar-refractivity contribution in [3.8, 4) is 0 Å². The van der Waals surface area contributed by atoms with Crippen molar-refractivity contribution < 1.29 is 8.85 Å². The minimum atomic E-state index is -1.35. The van der Waals surface area contributed by atoms with Gasteiger partial charge in [-0.15, -0.1) is 0 Å². The van der Waals surface area contributed by atoms with Crippen molar-refractivity contribution in [1.82, 2.24) is 0 Å². The lowest BCUT2D eigenvalue weighted by molar-refractivity contribution is 0.276. The van der Waals surface area contributed by atoms with Crippen molar-refractivity contribution in [1.29, 1.82) is 0 Å². The molecular formula is C12H21NO2Si. The number of anilines is 1. The van der Waals surface area contributed by atoms with Crippen molar-refractivity contribution in [3.63, 3.8) is 0 Å². The fraction of sp³-hybridized carbons (Fsp3) is 0.500. The van der Waals surface area contributed by atoms with Crippen molar-refractivity contribution in [2.24, 2.45) is 0 Å². The molecule has 0 bridgehead atoms. The molecule has 0 radical (unpaired) electrons. The van der Waals surface area contributed by atoms with Gasteiger partial charge in [-0.3, -0.25) is 0 Å². The minimum absolute atomic E-state index is 0.829. The van der Waals surface area contributed by atoms with Gasteiger partial charge in [0.05, 0.1) is 0 Å². The zero-order valence-electron chi connectivity index (χ0n) is 10.1. The number of nitrogens with two attached hydrogens (primary N) is 1. The van der Waals surface area contributed by atoms with E-state index in [-0.39, 0.29) is 0 Å². The normalized spacial score (nSPS) is 10.9. The zero-order chi connectivity index (χ0) is 11.8. The first-order valence-electron chi connectivity index (χ1n) is 5.66. The third kappa shape index (κ3) is 4.79. The Bertz CT molecular complexity index is 286. The van der Waals surface area contributed by atoms with Gasteiger partial charge in [0.1, 0.15) is 0 Å². The average molecular weight is 239 g/mol. The van der Waals surface area contributed by atoms with Crippen LogP contribution in [0.1, 0.15) is 18.4 Å². The van der Waals surface area contributed by atoms with E-state index in [1.165, 1.54) is 18.4 Å². The third-order valence-corrected chi connectivity index (χ3v) is 4.59. The number of unbranched alkanes of at least 4 members (excludes halogenated alkanes) is 1. The van der Waals surface area contributed by atoms with Crippen LogP contribution in [0, 0.1) is 0 Å². The molecule has 1 rings (SSSR count). The van der Waals surface area contributed by atoms with E-state index in [0.717, 1.165) is 18.2 Å². The predicted octanol–water partition coefficient (Wildman–Crippen LogP) is 2.10. The third-order valence-electron chi connectivity index (χ3n) is 2.66. The maximum Gasteiger partial charge on any atom is 0.320 e. The number of nitrogen functional groups attached to an aromatic ring is 1. The number of hydrogen-bond donors (Lipinski definition) is 1. The lowest BCUT2D eigenvalue weighted by Crippen LogP contribution is -2.18. The van der Waals surface area contributed by atoms with Gasteiger partial charge >= 0.3 is 9.28 Å². The van der Waals surface area contributed by atoms with Gasteiger partial charge in [0.25, 0.3) is 0 Å². The van der Waals surface area contributed by atoms with Crippen molar-refractivity contribution >= 4 is 15.0 Å². The Morgan fingerprint density at radius 2 is 1.69 bits per heavy atom. The average Bonchev–Trinajstić information content (AvgIpc) is 2.32. The summed E-state index contributed by atoms with van der Waals surface area (Å²) in [5.41, 5.74) is 7.81. The summed E-state index contributed by atoms with van der Waals surface area (Å²) in [5, 5.41) is 0. The van der Waals surface area contributed by atoms with Gasteiger partial charge in [-0.1, -0.05) is 18.6 Å². The predicted molar refractivity (Wildman–Crippen MR) is 69.8 cm³/mol. The number of hydrogen-bond acceptors (Lipinski definition) is 3. The molecule has 4 heteroatoms. The van der Waals surface area contributed by atoms with Crippen LogP contribution in [0.25, 0.3) is 0 Å². The highest BCUT2D eigenvalue weighted by Crippen LogP contribution is 2.11. The molecule has 3 nitrogen and oxygen atoms in total. The Hall–Kier alpha value is -0.843. The highest BCUT2D eigenvalue weighted by molar-refractivity contribution is 6.44. The Morgan fingerprint density at radius 3 is 2.25 bits per heavy atom. The van der Waals surface area contributed by atoms with Gasteiger partial charge in [-0.2, -0.15) is 0 Å². The van der Waals surface area contributed by atoms with E-state index in [0.29, 0.717) is 0 Å². The molecular weight excluding hydrogens is 218 g/mol. The summed E-state index contributed by atoms with van der Waals surface area (Å²) in [7, 11) is 2.13. The Morgan fingerprint density at radius 1 is 1.06 bits per heavy atom. The maximum absolute atomic E-state index is 5.63. The molecule has 0 fully saturated rings. The Balaban J connectivity index is 2.18. The van der Waals surface area contributed by atoms with Crippen LogP contribution >= 0.6 is 0 Å². The number of benzene rings is 1. The zero-order valence-corrected chi connectivity index (χ0v) is 11.3. The van der Waals surface area contributed by atoms with Crippen LogP contribution in [0.5, 0.6) is 0 Å². The molecule has 0 saturated carbocycles. The second kappa shape index (κ2) is 7.43. The molecule has 16 heavy (non-hydrogen) atoms. The van der Waals surface area contributed by atoms with Gasteiger partial charge in [0.2, 0.25) is 0 Å². The summed E-state index contributed by atoms with van der Waals surface area (Å²) in [5.74, 6) is 0. The molecule has 0 aliphatic carbocycles. The van der Waals surface area contributed by atoms with Crippen LogP contribution in [-0.2, 0) is 15.3 Å². The van der Waals surface area contributed by atoms with Crippen LogP contribution in [0.2, 0.25) is 6.04 Å². The molecule has 0 unspecified atom stereocenters. The lowest BCUT2D eigenvalue weighted by Gasteiger charge is -2.10. The topological polar surface area (TPSA) is 44.5 Å². The summed E-state index contributed by atoms with van der Waals surface area (Å²) in [4.78, 5) is 0. The van der Waals surface area contributed by atoms with E-state index >= 15 is 0 Å². The molecule has 1 aromatic carbocycles. The van der Waals surface area contributed by atoms with Crippen molar-refractivity contribution in [2.75, 3.05) is 20.0 Å². The van der Waals surface area contributed by atoms with Crippen molar-refractivity contribution in [3.05, 3.63) is 29.8 Å². The molecule has 0 aliphatic heterocycles. The standard InChI is InChI=1S/C12H21NO2Si/c1-14-16(15-2)10-4-3-5-11-6-8-12(13)9-7-11/h6-9,16H,3-5,10,13H2,1-2H3. The molecule has 0 aliphatic rings. The fourth-order valence-electron chi connectivity index (χ4n) is 1.66. The fourth-order valence-corrected chi connectivity index (χ4v) is 2.94.